The maximum atomic E-state index is 12.2. The minimum atomic E-state index is -0.449. The number of carbonyl (C=O) groups is 1. The second-order valence-electron chi connectivity index (χ2n) is 5.57. The molecule has 1 aromatic carbocycles. The predicted molar refractivity (Wildman–Crippen MR) is 81.6 cm³/mol. The van der Waals surface area contributed by atoms with Crippen LogP contribution in [-0.2, 0) is 25.6 Å². The highest BCUT2D eigenvalue weighted by Crippen LogP contribution is 2.31. The molecule has 2 aliphatic rings. The average molecular weight is 326 g/mol. The van der Waals surface area contributed by atoms with Crippen molar-refractivity contribution in [1.82, 2.24) is 4.90 Å². The number of amides is 1. The fraction of sp³-hybridized carbons (Fsp3) is 0.562. The number of halogens is 1. The van der Waals surface area contributed by atoms with Crippen LogP contribution >= 0.6 is 11.6 Å². The van der Waals surface area contributed by atoms with Crippen molar-refractivity contribution < 1.29 is 19.0 Å². The van der Waals surface area contributed by atoms with Crippen LogP contribution in [0.3, 0.4) is 0 Å². The third-order valence-corrected chi connectivity index (χ3v) is 4.50. The molecule has 1 amide bonds. The summed E-state index contributed by atoms with van der Waals surface area (Å²) in [4.78, 5) is 14.0. The van der Waals surface area contributed by atoms with Gasteiger partial charge < -0.3 is 19.1 Å². The fourth-order valence-electron chi connectivity index (χ4n) is 2.84. The molecule has 0 aromatic heterocycles. The highest BCUT2D eigenvalue weighted by molar-refractivity contribution is 6.31. The molecule has 0 saturated carbocycles. The third-order valence-electron chi connectivity index (χ3n) is 4.13. The fourth-order valence-corrected chi connectivity index (χ4v) is 3.03. The Bertz CT molecular complexity index is 521. The lowest BCUT2D eigenvalue weighted by atomic mass is 10.0. The first-order chi connectivity index (χ1) is 10.7. The zero-order valence-corrected chi connectivity index (χ0v) is 13.2. The van der Waals surface area contributed by atoms with E-state index >= 15 is 0 Å². The van der Waals surface area contributed by atoms with Crippen molar-refractivity contribution in [2.45, 2.75) is 25.2 Å². The molecule has 2 heterocycles. The summed E-state index contributed by atoms with van der Waals surface area (Å²) >= 11 is 6.05. The molecule has 6 heteroatoms. The van der Waals surface area contributed by atoms with Crippen molar-refractivity contribution in [3.05, 3.63) is 34.9 Å². The minimum Gasteiger partial charge on any atom is -0.367 e. The average Bonchev–Trinajstić information content (AvgIpc) is 2.98. The van der Waals surface area contributed by atoms with Crippen molar-refractivity contribution >= 4 is 17.5 Å². The molecule has 0 unspecified atom stereocenters. The van der Waals surface area contributed by atoms with Crippen molar-refractivity contribution in [3.63, 3.8) is 0 Å². The van der Waals surface area contributed by atoms with Crippen LogP contribution in [-0.4, -0.2) is 49.5 Å². The van der Waals surface area contributed by atoms with Gasteiger partial charge in [-0.05, 0) is 11.6 Å². The quantitative estimate of drug-likeness (QED) is 0.851. The molecule has 1 spiro atoms. The Morgan fingerprint density at radius 2 is 1.91 bits per heavy atom. The maximum absolute atomic E-state index is 12.2. The van der Waals surface area contributed by atoms with Crippen LogP contribution in [0.4, 0.5) is 0 Å². The Morgan fingerprint density at radius 3 is 2.59 bits per heavy atom. The smallest absolute Gasteiger partial charge is 0.248 e. The van der Waals surface area contributed by atoms with Gasteiger partial charge in [-0.3, -0.25) is 4.79 Å². The lowest BCUT2D eigenvalue weighted by molar-refractivity contribution is -0.188. The van der Waals surface area contributed by atoms with Crippen molar-refractivity contribution in [1.29, 1.82) is 0 Å². The molecule has 2 aliphatic heterocycles. The summed E-state index contributed by atoms with van der Waals surface area (Å²) in [5.41, 5.74) is 0.891. The molecule has 0 bridgehead atoms. The molecule has 2 saturated heterocycles. The third kappa shape index (κ3) is 3.60. The molecule has 0 radical (unpaired) electrons. The standard InChI is InChI=1S/C16H20ClNO4/c17-14-4-2-1-3-13(14)11-20-12-15(19)18-7-5-16(6-8-18)21-9-10-22-16/h1-4H,5-12H2. The number of nitrogens with zero attached hydrogens (tertiary/aromatic N) is 1. The second-order valence-corrected chi connectivity index (χ2v) is 5.98. The van der Waals surface area contributed by atoms with Crippen LogP contribution in [0.25, 0.3) is 0 Å². The number of hydrogen-bond donors (Lipinski definition) is 0. The molecule has 0 N–H and O–H groups in total. The summed E-state index contributed by atoms with van der Waals surface area (Å²) in [6.45, 7) is 3.00. The number of benzene rings is 1. The molecule has 1 aromatic rings. The van der Waals surface area contributed by atoms with Gasteiger partial charge in [0.25, 0.3) is 0 Å². The normalized spacial score (nSPS) is 20.5. The molecular weight excluding hydrogens is 306 g/mol. The van der Waals surface area contributed by atoms with Crippen LogP contribution in [0.2, 0.25) is 5.02 Å². The number of carbonyl (C=O) groups excluding carboxylic acids is 1. The van der Waals surface area contributed by atoms with Gasteiger partial charge in [-0.2, -0.15) is 0 Å². The van der Waals surface area contributed by atoms with Crippen LogP contribution < -0.4 is 0 Å². The van der Waals surface area contributed by atoms with E-state index in [1.54, 1.807) is 0 Å². The van der Waals surface area contributed by atoms with Gasteiger partial charge in [0.2, 0.25) is 5.91 Å². The molecule has 5 nitrogen and oxygen atoms in total. The number of ether oxygens (including phenoxy) is 3. The summed E-state index contributed by atoms with van der Waals surface area (Å²) in [7, 11) is 0. The number of piperidine rings is 1. The lowest BCUT2D eigenvalue weighted by Crippen LogP contribution is -2.48. The Hall–Kier alpha value is -1.14. The van der Waals surface area contributed by atoms with E-state index in [0.29, 0.717) is 37.9 Å². The van der Waals surface area contributed by atoms with Gasteiger partial charge in [0.1, 0.15) is 6.61 Å². The van der Waals surface area contributed by atoms with Gasteiger partial charge in [-0.1, -0.05) is 29.8 Å². The molecule has 2 fully saturated rings. The predicted octanol–water partition coefficient (Wildman–Crippen LogP) is 2.22. The Morgan fingerprint density at radius 1 is 1.23 bits per heavy atom. The van der Waals surface area contributed by atoms with Gasteiger partial charge in [-0.25, -0.2) is 0 Å². The zero-order valence-electron chi connectivity index (χ0n) is 12.4. The maximum Gasteiger partial charge on any atom is 0.248 e. The van der Waals surface area contributed by atoms with Crippen LogP contribution in [0.1, 0.15) is 18.4 Å². The Balaban J connectivity index is 1.42. The van der Waals surface area contributed by atoms with Crippen molar-refractivity contribution in [2.24, 2.45) is 0 Å². The SMILES string of the molecule is O=C(COCc1ccccc1Cl)N1CCC2(CC1)OCCO2. The van der Waals surface area contributed by atoms with Gasteiger partial charge >= 0.3 is 0 Å². The van der Waals surface area contributed by atoms with Crippen LogP contribution in [0.15, 0.2) is 24.3 Å². The van der Waals surface area contributed by atoms with E-state index in [4.69, 9.17) is 25.8 Å². The molecule has 120 valence electrons. The van der Waals surface area contributed by atoms with E-state index < -0.39 is 5.79 Å². The van der Waals surface area contributed by atoms with Gasteiger partial charge in [0.15, 0.2) is 5.79 Å². The highest BCUT2D eigenvalue weighted by atomic mass is 35.5. The highest BCUT2D eigenvalue weighted by Gasteiger charge is 2.40. The lowest BCUT2D eigenvalue weighted by Gasteiger charge is -2.37. The van der Waals surface area contributed by atoms with Gasteiger partial charge in [-0.15, -0.1) is 0 Å². The van der Waals surface area contributed by atoms with E-state index in [1.807, 2.05) is 29.2 Å². The molecule has 22 heavy (non-hydrogen) atoms. The summed E-state index contributed by atoms with van der Waals surface area (Å²) in [6, 6.07) is 7.48. The molecule has 0 aliphatic carbocycles. The van der Waals surface area contributed by atoms with E-state index in [0.717, 1.165) is 18.4 Å². The van der Waals surface area contributed by atoms with Crippen molar-refractivity contribution in [2.75, 3.05) is 32.9 Å². The minimum absolute atomic E-state index is 0.0000921. The van der Waals surface area contributed by atoms with Crippen molar-refractivity contribution in [3.8, 4) is 0 Å². The van der Waals surface area contributed by atoms with Crippen LogP contribution in [0.5, 0.6) is 0 Å². The first-order valence-electron chi connectivity index (χ1n) is 7.55. The number of hydrogen-bond acceptors (Lipinski definition) is 4. The largest absolute Gasteiger partial charge is 0.367 e. The summed E-state index contributed by atoms with van der Waals surface area (Å²) in [5, 5.41) is 0.658. The summed E-state index contributed by atoms with van der Waals surface area (Å²) in [6.07, 6.45) is 1.45. The Kier molecular flexibility index (Phi) is 4.98. The first kappa shape index (κ1) is 15.7. The van der Waals surface area contributed by atoms with Gasteiger partial charge in [0, 0.05) is 31.0 Å². The van der Waals surface area contributed by atoms with Crippen LogP contribution in [0, 0.1) is 0 Å². The van der Waals surface area contributed by atoms with E-state index in [2.05, 4.69) is 0 Å². The summed E-state index contributed by atoms with van der Waals surface area (Å²) in [5.74, 6) is -0.449. The molecule has 0 atom stereocenters. The topological polar surface area (TPSA) is 48.0 Å². The Labute approximate surface area is 135 Å². The number of rotatable bonds is 4. The molecule has 3 rings (SSSR count). The second kappa shape index (κ2) is 6.96. The van der Waals surface area contributed by atoms with E-state index in [9.17, 15) is 4.79 Å². The first-order valence-corrected chi connectivity index (χ1v) is 7.93. The number of likely N-dealkylation sites (tertiary alicyclic amines) is 1. The summed E-state index contributed by atoms with van der Waals surface area (Å²) < 4.78 is 16.8. The molecular formula is C16H20ClNO4. The zero-order chi connectivity index (χ0) is 15.4. The van der Waals surface area contributed by atoms with E-state index in [1.165, 1.54) is 0 Å². The monoisotopic (exact) mass is 325 g/mol. The van der Waals surface area contributed by atoms with Gasteiger partial charge in [0.05, 0.1) is 19.8 Å². The van der Waals surface area contributed by atoms with E-state index in [-0.39, 0.29) is 12.5 Å².